The van der Waals surface area contributed by atoms with Crippen LogP contribution in [0.15, 0.2) is 18.2 Å². The topological polar surface area (TPSA) is 38.0 Å². The first-order valence-electron chi connectivity index (χ1n) is 4.43. The standard InChI is InChI=1S/C10H15FN2/c1-13-7-3-5-8-4-2-6-9(11)10(8)12/h2,4,6,13H,3,5,7,12H2,1H3. The summed E-state index contributed by atoms with van der Waals surface area (Å²) in [7, 11) is 1.90. The maximum Gasteiger partial charge on any atom is 0.146 e. The average Bonchev–Trinajstić information content (AvgIpc) is 2.13. The second kappa shape index (κ2) is 4.82. The zero-order valence-corrected chi connectivity index (χ0v) is 7.81. The van der Waals surface area contributed by atoms with Gasteiger partial charge >= 0.3 is 0 Å². The molecule has 13 heavy (non-hydrogen) atoms. The number of hydrogen-bond donors (Lipinski definition) is 2. The highest BCUT2D eigenvalue weighted by atomic mass is 19.1. The van der Waals surface area contributed by atoms with Crippen molar-refractivity contribution in [1.82, 2.24) is 5.32 Å². The van der Waals surface area contributed by atoms with Crippen molar-refractivity contribution in [2.24, 2.45) is 0 Å². The second-order valence-corrected chi connectivity index (χ2v) is 3.02. The van der Waals surface area contributed by atoms with E-state index in [0.29, 0.717) is 5.69 Å². The van der Waals surface area contributed by atoms with Crippen LogP contribution >= 0.6 is 0 Å². The molecule has 0 aromatic heterocycles. The van der Waals surface area contributed by atoms with E-state index in [1.54, 1.807) is 6.07 Å². The van der Waals surface area contributed by atoms with Crippen LogP contribution in [0.3, 0.4) is 0 Å². The van der Waals surface area contributed by atoms with Crippen molar-refractivity contribution in [2.45, 2.75) is 12.8 Å². The fourth-order valence-electron chi connectivity index (χ4n) is 1.26. The van der Waals surface area contributed by atoms with Crippen molar-refractivity contribution < 1.29 is 4.39 Å². The quantitative estimate of drug-likeness (QED) is 0.548. The number of nitrogens with one attached hydrogen (secondary N) is 1. The molecule has 2 nitrogen and oxygen atoms in total. The van der Waals surface area contributed by atoms with Crippen LogP contribution in [0.2, 0.25) is 0 Å². The van der Waals surface area contributed by atoms with E-state index < -0.39 is 0 Å². The molecule has 1 aromatic rings. The maximum absolute atomic E-state index is 12.9. The highest BCUT2D eigenvalue weighted by Gasteiger charge is 2.02. The fraction of sp³-hybridized carbons (Fsp3) is 0.400. The highest BCUT2D eigenvalue weighted by molar-refractivity contribution is 5.47. The first-order chi connectivity index (χ1) is 6.25. The summed E-state index contributed by atoms with van der Waals surface area (Å²) in [5, 5.41) is 3.04. The van der Waals surface area contributed by atoms with Gasteiger partial charge in [-0.15, -0.1) is 0 Å². The van der Waals surface area contributed by atoms with Crippen LogP contribution in [0, 0.1) is 5.82 Å². The van der Waals surface area contributed by atoms with Gasteiger partial charge in [0.15, 0.2) is 0 Å². The minimum absolute atomic E-state index is 0.290. The Labute approximate surface area is 77.9 Å². The van der Waals surface area contributed by atoms with E-state index >= 15 is 0 Å². The van der Waals surface area contributed by atoms with Gasteiger partial charge in [0.25, 0.3) is 0 Å². The van der Waals surface area contributed by atoms with Crippen LogP contribution in [0.4, 0.5) is 10.1 Å². The number of anilines is 1. The molecule has 1 rings (SSSR count). The van der Waals surface area contributed by atoms with Gasteiger partial charge in [-0.2, -0.15) is 0 Å². The van der Waals surface area contributed by atoms with E-state index in [4.69, 9.17) is 5.73 Å². The van der Waals surface area contributed by atoms with E-state index in [9.17, 15) is 4.39 Å². The van der Waals surface area contributed by atoms with Gasteiger partial charge in [0.05, 0.1) is 5.69 Å². The molecular formula is C10H15FN2. The Balaban J connectivity index is 2.61. The second-order valence-electron chi connectivity index (χ2n) is 3.02. The molecule has 0 fully saturated rings. The minimum Gasteiger partial charge on any atom is -0.396 e. The third kappa shape index (κ3) is 2.70. The Morgan fingerprint density at radius 2 is 2.23 bits per heavy atom. The van der Waals surface area contributed by atoms with Crippen molar-refractivity contribution in [3.63, 3.8) is 0 Å². The van der Waals surface area contributed by atoms with Gasteiger partial charge in [-0.1, -0.05) is 12.1 Å². The smallest absolute Gasteiger partial charge is 0.146 e. The summed E-state index contributed by atoms with van der Waals surface area (Å²) in [6.07, 6.45) is 1.80. The van der Waals surface area contributed by atoms with Gasteiger partial charge in [0, 0.05) is 0 Å². The Morgan fingerprint density at radius 1 is 1.46 bits per heavy atom. The van der Waals surface area contributed by atoms with E-state index in [-0.39, 0.29) is 5.82 Å². The molecule has 0 aliphatic carbocycles. The molecule has 3 N–H and O–H groups in total. The lowest BCUT2D eigenvalue weighted by Gasteiger charge is -2.05. The molecule has 0 radical (unpaired) electrons. The van der Waals surface area contributed by atoms with Gasteiger partial charge in [0.2, 0.25) is 0 Å². The summed E-state index contributed by atoms with van der Waals surface area (Å²) in [6, 6.07) is 4.95. The van der Waals surface area contributed by atoms with Crippen LogP contribution < -0.4 is 11.1 Å². The zero-order valence-electron chi connectivity index (χ0n) is 7.81. The van der Waals surface area contributed by atoms with Gasteiger partial charge in [-0.25, -0.2) is 4.39 Å². The van der Waals surface area contributed by atoms with Crippen molar-refractivity contribution in [2.75, 3.05) is 19.3 Å². The van der Waals surface area contributed by atoms with Crippen molar-refractivity contribution >= 4 is 5.69 Å². The van der Waals surface area contributed by atoms with Crippen LogP contribution in [-0.4, -0.2) is 13.6 Å². The molecule has 0 aliphatic heterocycles. The van der Waals surface area contributed by atoms with Crippen LogP contribution in [-0.2, 0) is 6.42 Å². The average molecular weight is 182 g/mol. The third-order valence-electron chi connectivity index (χ3n) is 2.02. The normalized spacial score (nSPS) is 10.3. The Kier molecular flexibility index (Phi) is 3.71. The van der Waals surface area contributed by atoms with Gasteiger partial charge in [-0.05, 0) is 38.1 Å². The molecule has 3 heteroatoms. The first-order valence-corrected chi connectivity index (χ1v) is 4.43. The van der Waals surface area contributed by atoms with Crippen LogP contribution in [0.25, 0.3) is 0 Å². The lowest BCUT2D eigenvalue weighted by atomic mass is 10.1. The van der Waals surface area contributed by atoms with Crippen LogP contribution in [0.1, 0.15) is 12.0 Å². The first kappa shape index (κ1) is 9.99. The Hall–Kier alpha value is -1.09. The predicted octanol–water partition coefficient (Wildman–Crippen LogP) is 1.56. The van der Waals surface area contributed by atoms with Crippen molar-refractivity contribution in [3.05, 3.63) is 29.6 Å². The summed E-state index contributed by atoms with van der Waals surface area (Å²) in [6.45, 7) is 0.927. The Bertz CT molecular complexity index is 274. The van der Waals surface area contributed by atoms with Crippen molar-refractivity contribution in [3.8, 4) is 0 Å². The molecular weight excluding hydrogens is 167 g/mol. The molecule has 0 aliphatic rings. The number of nitrogen functional groups attached to an aromatic ring is 1. The van der Waals surface area contributed by atoms with E-state index in [1.807, 2.05) is 13.1 Å². The molecule has 0 heterocycles. The molecule has 72 valence electrons. The number of nitrogens with two attached hydrogens (primary N) is 1. The molecule has 1 aromatic carbocycles. The monoisotopic (exact) mass is 182 g/mol. The number of rotatable bonds is 4. The van der Waals surface area contributed by atoms with E-state index in [2.05, 4.69) is 5.32 Å². The van der Waals surface area contributed by atoms with Gasteiger partial charge in [-0.3, -0.25) is 0 Å². The maximum atomic E-state index is 12.9. The molecule has 0 saturated carbocycles. The summed E-state index contributed by atoms with van der Waals surface area (Å²) in [4.78, 5) is 0. The molecule has 0 spiro atoms. The van der Waals surface area contributed by atoms with Gasteiger partial charge in [0.1, 0.15) is 5.82 Å². The van der Waals surface area contributed by atoms with Crippen LogP contribution in [0.5, 0.6) is 0 Å². The zero-order chi connectivity index (χ0) is 9.68. The summed E-state index contributed by atoms with van der Waals surface area (Å²) in [5.41, 5.74) is 6.76. The summed E-state index contributed by atoms with van der Waals surface area (Å²) in [5.74, 6) is -0.318. The SMILES string of the molecule is CNCCCc1cccc(F)c1N. The third-order valence-corrected chi connectivity index (χ3v) is 2.02. The Morgan fingerprint density at radius 3 is 2.92 bits per heavy atom. The number of para-hydroxylation sites is 1. The fourth-order valence-corrected chi connectivity index (χ4v) is 1.26. The largest absolute Gasteiger partial charge is 0.396 e. The van der Waals surface area contributed by atoms with Gasteiger partial charge < -0.3 is 11.1 Å². The summed E-state index contributed by atoms with van der Waals surface area (Å²) >= 11 is 0. The van der Waals surface area contributed by atoms with Crippen molar-refractivity contribution in [1.29, 1.82) is 0 Å². The molecule has 0 bridgehead atoms. The molecule has 0 atom stereocenters. The van der Waals surface area contributed by atoms with E-state index in [1.165, 1.54) is 6.07 Å². The molecule has 0 unspecified atom stereocenters. The number of aryl methyl sites for hydroxylation is 1. The van der Waals surface area contributed by atoms with E-state index in [0.717, 1.165) is 24.9 Å². The number of benzene rings is 1. The lowest BCUT2D eigenvalue weighted by Crippen LogP contribution is -2.09. The number of halogens is 1. The lowest BCUT2D eigenvalue weighted by molar-refractivity contribution is 0.629. The predicted molar refractivity (Wildman–Crippen MR) is 53.1 cm³/mol. The molecule has 0 amide bonds. The number of hydrogen-bond acceptors (Lipinski definition) is 2. The summed E-state index contributed by atoms with van der Waals surface area (Å²) < 4.78 is 12.9. The molecule has 0 saturated heterocycles. The highest BCUT2D eigenvalue weighted by Crippen LogP contribution is 2.16. The minimum atomic E-state index is -0.318.